The zero-order valence-corrected chi connectivity index (χ0v) is 10.0. The van der Waals surface area contributed by atoms with E-state index in [1.165, 1.54) is 0 Å². The van der Waals surface area contributed by atoms with E-state index in [-0.39, 0.29) is 5.91 Å². The Morgan fingerprint density at radius 2 is 2.28 bits per heavy atom. The number of benzene rings is 1. The average Bonchev–Trinajstić information content (AvgIpc) is 2.34. The van der Waals surface area contributed by atoms with Crippen molar-refractivity contribution in [1.82, 2.24) is 10.3 Å². The minimum atomic E-state index is 0.0877. The predicted molar refractivity (Wildman–Crippen MR) is 71.3 cm³/mol. The Labute approximate surface area is 105 Å². The van der Waals surface area contributed by atoms with Gasteiger partial charge in [-0.3, -0.25) is 9.78 Å². The smallest absolute Gasteiger partial charge is 0.224 e. The van der Waals surface area contributed by atoms with Gasteiger partial charge in [0, 0.05) is 23.7 Å². The minimum absolute atomic E-state index is 0.0877. The Bertz CT molecular complexity index is 578. The quantitative estimate of drug-likeness (QED) is 0.861. The van der Waals surface area contributed by atoms with Crippen LogP contribution in [0, 0.1) is 5.92 Å². The van der Waals surface area contributed by atoms with Crippen LogP contribution in [0.15, 0.2) is 36.5 Å². The lowest BCUT2D eigenvalue weighted by Crippen LogP contribution is -2.43. The summed E-state index contributed by atoms with van der Waals surface area (Å²) in [6.07, 6.45) is 2.36. The number of fused-ring (bicyclic) bond motifs is 1. The average molecular weight is 241 g/mol. The number of rotatable bonds is 3. The van der Waals surface area contributed by atoms with E-state index in [0.29, 0.717) is 12.3 Å². The van der Waals surface area contributed by atoms with Gasteiger partial charge >= 0.3 is 0 Å². The van der Waals surface area contributed by atoms with Crippen molar-refractivity contribution >= 4 is 22.5 Å². The maximum Gasteiger partial charge on any atom is 0.224 e. The third-order valence-electron chi connectivity index (χ3n) is 3.23. The van der Waals surface area contributed by atoms with Crippen LogP contribution in [0.3, 0.4) is 0 Å². The zero-order valence-electron chi connectivity index (χ0n) is 10.0. The van der Waals surface area contributed by atoms with Gasteiger partial charge in [0.05, 0.1) is 5.52 Å². The molecule has 1 aromatic heterocycles. The summed E-state index contributed by atoms with van der Waals surface area (Å²) >= 11 is 0. The van der Waals surface area contributed by atoms with Crippen molar-refractivity contribution in [2.24, 2.45) is 5.92 Å². The second kappa shape index (κ2) is 4.74. The maximum atomic E-state index is 11.8. The summed E-state index contributed by atoms with van der Waals surface area (Å²) in [6, 6.07) is 9.67. The van der Waals surface area contributed by atoms with Gasteiger partial charge in [0.25, 0.3) is 0 Å². The van der Waals surface area contributed by atoms with Crippen LogP contribution in [-0.2, 0) is 4.79 Å². The van der Waals surface area contributed by atoms with Crippen molar-refractivity contribution in [2.45, 2.75) is 6.42 Å². The molecule has 2 heterocycles. The topological polar surface area (TPSA) is 54.0 Å². The molecule has 0 aliphatic carbocycles. The predicted octanol–water partition coefficient (Wildman–Crippen LogP) is 1.78. The molecule has 0 radical (unpaired) electrons. The molecule has 1 fully saturated rings. The largest absolute Gasteiger partial charge is 0.326 e. The first-order valence-corrected chi connectivity index (χ1v) is 6.16. The number of aromatic nitrogens is 1. The van der Waals surface area contributed by atoms with Crippen molar-refractivity contribution in [2.75, 3.05) is 18.4 Å². The highest BCUT2D eigenvalue weighted by atomic mass is 16.1. The van der Waals surface area contributed by atoms with Gasteiger partial charge in [-0.1, -0.05) is 6.07 Å². The molecule has 0 spiro atoms. The molecule has 2 aromatic rings. The number of anilines is 1. The summed E-state index contributed by atoms with van der Waals surface area (Å²) in [5, 5.41) is 7.15. The van der Waals surface area contributed by atoms with Crippen molar-refractivity contribution < 1.29 is 4.79 Å². The molecule has 0 saturated carbocycles. The summed E-state index contributed by atoms with van der Waals surface area (Å²) in [5.41, 5.74) is 1.78. The number of nitrogens with zero attached hydrogens (tertiary/aromatic N) is 1. The molecule has 0 atom stereocenters. The number of pyridine rings is 1. The van der Waals surface area contributed by atoms with Crippen molar-refractivity contribution in [3.05, 3.63) is 36.5 Å². The molecular formula is C14H15N3O. The highest BCUT2D eigenvalue weighted by Crippen LogP contribution is 2.18. The van der Waals surface area contributed by atoms with E-state index in [4.69, 9.17) is 0 Å². The van der Waals surface area contributed by atoms with Crippen LogP contribution in [0.2, 0.25) is 0 Å². The summed E-state index contributed by atoms with van der Waals surface area (Å²) < 4.78 is 0. The SMILES string of the molecule is O=C(CC1CNC1)Nc1ccc2ncccc2c1. The lowest BCUT2D eigenvalue weighted by molar-refractivity contribution is -0.117. The fraction of sp³-hybridized carbons (Fsp3) is 0.286. The second-order valence-electron chi connectivity index (χ2n) is 4.69. The lowest BCUT2D eigenvalue weighted by Gasteiger charge is -2.26. The first kappa shape index (κ1) is 11.2. The molecule has 1 aliphatic rings. The third-order valence-corrected chi connectivity index (χ3v) is 3.23. The van der Waals surface area contributed by atoms with Crippen LogP contribution in [0.5, 0.6) is 0 Å². The summed E-state index contributed by atoms with van der Waals surface area (Å²) in [6.45, 7) is 1.91. The van der Waals surface area contributed by atoms with E-state index in [1.54, 1.807) is 6.20 Å². The molecule has 1 aliphatic heterocycles. The van der Waals surface area contributed by atoms with E-state index >= 15 is 0 Å². The van der Waals surface area contributed by atoms with Gasteiger partial charge in [0.15, 0.2) is 0 Å². The Balaban J connectivity index is 1.71. The maximum absolute atomic E-state index is 11.8. The van der Waals surface area contributed by atoms with Crippen LogP contribution in [-0.4, -0.2) is 24.0 Å². The van der Waals surface area contributed by atoms with Crippen molar-refractivity contribution in [3.8, 4) is 0 Å². The molecule has 2 N–H and O–H groups in total. The molecular weight excluding hydrogens is 226 g/mol. The Kier molecular flexibility index (Phi) is 2.94. The first-order valence-electron chi connectivity index (χ1n) is 6.16. The van der Waals surface area contributed by atoms with Gasteiger partial charge in [-0.15, -0.1) is 0 Å². The van der Waals surface area contributed by atoms with Crippen molar-refractivity contribution in [3.63, 3.8) is 0 Å². The Morgan fingerprint density at radius 1 is 1.39 bits per heavy atom. The van der Waals surface area contributed by atoms with Crippen LogP contribution in [0.1, 0.15) is 6.42 Å². The van der Waals surface area contributed by atoms with E-state index in [0.717, 1.165) is 29.7 Å². The summed E-state index contributed by atoms with van der Waals surface area (Å²) in [5.74, 6) is 0.580. The zero-order chi connectivity index (χ0) is 12.4. The van der Waals surface area contributed by atoms with Gasteiger partial charge in [-0.2, -0.15) is 0 Å². The molecule has 1 amide bonds. The molecule has 4 nitrogen and oxygen atoms in total. The highest BCUT2D eigenvalue weighted by molar-refractivity contribution is 5.93. The standard InChI is InChI=1S/C14H15N3O/c18-14(6-10-8-15-9-10)17-12-3-4-13-11(7-12)2-1-5-16-13/h1-5,7,10,15H,6,8-9H2,(H,17,18). The van der Waals surface area contributed by atoms with E-state index in [9.17, 15) is 4.79 Å². The number of carbonyl (C=O) groups excluding carboxylic acids is 1. The van der Waals surface area contributed by atoms with Gasteiger partial charge < -0.3 is 10.6 Å². The van der Waals surface area contributed by atoms with Gasteiger partial charge in [0.1, 0.15) is 0 Å². The van der Waals surface area contributed by atoms with Gasteiger partial charge in [0.2, 0.25) is 5.91 Å². The molecule has 1 aromatic carbocycles. The third kappa shape index (κ3) is 2.33. The van der Waals surface area contributed by atoms with Crippen molar-refractivity contribution in [1.29, 1.82) is 0 Å². The normalized spacial score (nSPS) is 15.3. The minimum Gasteiger partial charge on any atom is -0.326 e. The molecule has 3 rings (SSSR count). The van der Waals surface area contributed by atoms with Crippen LogP contribution < -0.4 is 10.6 Å². The van der Waals surface area contributed by atoms with Gasteiger partial charge in [-0.05, 0) is 43.3 Å². The molecule has 4 heteroatoms. The van der Waals surface area contributed by atoms with Crippen LogP contribution >= 0.6 is 0 Å². The number of hydrogen-bond donors (Lipinski definition) is 2. The monoisotopic (exact) mass is 241 g/mol. The van der Waals surface area contributed by atoms with E-state index in [2.05, 4.69) is 15.6 Å². The number of amides is 1. The first-order chi connectivity index (χ1) is 8.81. The fourth-order valence-electron chi connectivity index (χ4n) is 2.12. The molecule has 0 unspecified atom stereocenters. The van der Waals surface area contributed by atoms with E-state index in [1.807, 2.05) is 30.3 Å². The lowest BCUT2D eigenvalue weighted by atomic mass is 9.99. The molecule has 0 bridgehead atoms. The second-order valence-corrected chi connectivity index (χ2v) is 4.69. The van der Waals surface area contributed by atoms with Crippen LogP contribution in [0.4, 0.5) is 5.69 Å². The summed E-state index contributed by atoms with van der Waals surface area (Å²) in [4.78, 5) is 16.0. The Hall–Kier alpha value is -1.94. The molecule has 1 saturated heterocycles. The van der Waals surface area contributed by atoms with E-state index < -0.39 is 0 Å². The number of hydrogen-bond acceptors (Lipinski definition) is 3. The Morgan fingerprint density at radius 3 is 3.06 bits per heavy atom. The number of carbonyl (C=O) groups is 1. The number of nitrogens with one attached hydrogen (secondary N) is 2. The molecule has 18 heavy (non-hydrogen) atoms. The van der Waals surface area contributed by atoms with Gasteiger partial charge in [-0.25, -0.2) is 0 Å². The highest BCUT2D eigenvalue weighted by Gasteiger charge is 2.19. The molecule has 92 valence electrons. The van der Waals surface area contributed by atoms with Crippen LogP contribution in [0.25, 0.3) is 10.9 Å². The fourth-order valence-corrected chi connectivity index (χ4v) is 2.12. The summed E-state index contributed by atoms with van der Waals surface area (Å²) in [7, 11) is 0.